The summed E-state index contributed by atoms with van der Waals surface area (Å²) >= 11 is 0. The molecule has 0 fully saturated rings. The normalized spacial score (nSPS) is 13.3. The molecule has 0 aliphatic rings. The number of aliphatic hydroxyl groups is 1. The molecule has 1 rings (SSSR count). The predicted octanol–water partition coefficient (Wildman–Crippen LogP) is 2.72. The van der Waals surface area contributed by atoms with Crippen molar-refractivity contribution in [1.82, 2.24) is 0 Å². The van der Waals surface area contributed by atoms with Crippen molar-refractivity contribution < 1.29 is 9.50 Å². The van der Waals surface area contributed by atoms with Gasteiger partial charge in [-0.15, -0.1) is 0 Å². The number of halogens is 1. The lowest BCUT2D eigenvalue weighted by Gasteiger charge is -2.24. The largest absolute Gasteiger partial charge is 0.387 e. The van der Waals surface area contributed by atoms with E-state index in [9.17, 15) is 9.50 Å². The van der Waals surface area contributed by atoms with Gasteiger partial charge in [-0.2, -0.15) is 5.26 Å². The number of nitrogens with zero attached hydrogens (tertiary/aromatic N) is 1. The first kappa shape index (κ1) is 11.7. The average Bonchev–Trinajstić information content (AvgIpc) is 2.20. The van der Waals surface area contributed by atoms with Crippen LogP contribution in [0.5, 0.6) is 0 Å². The summed E-state index contributed by atoms with van der Waals surface area (Å²) in [4.78, 5) is 0. The Balaban J connectivity index is 3.17. The second-order valence-electron chi connectivity index (χ2n) is 4.24. The van der Waals surface area contributed by atoms with Crippen LogP contribution in [0.4, 0.5) is 4.39 Å². The zero-order valence-electron chi connectivity index (χ0n) is 9.08. The molecule has 80 valence electrons. The van der Waals surface area contributed by atoms with Gasteiger partial charge in [0, 0.05) is 0 Å². The van der Waals surface area contributed by atoms with E-state index in [2.05, 4.69) is 0 Å². The summed E-state index contributed by atoms with van der Waals surface area (Å²) in [5, 5.41) is 18.8. The maximum absolute atomic E-state index is 13.0. The Labute approximate surface area is 89.0 Å². The summed E-state index contributed by atoms with van der Waals surface area (Å²) in [5.74, 6) is -0.400. The van der Waals surface area contributed by atoms with Crippen molar-refractivity contribution >= 4 is 0 Å². The molecule has 1 N–H and O–H groups in total. The lowest BCUT2D eigenvalue weighted by Crippen LogP contribution is -2.20. The van der Waals surface area contributed by atoms with E-state index in [1.54, 1.807) is 26.8 Å². The number of rotatable bonds is 2. The van der Waals surface area contributed by atoms with Crippen LogP contribution in [0.1, 0.15) is 31.1 Å². The average molecular weight is 207 g/mol. The Morgan fingerprint density at radius 3 is 2.60 bits per heavy atom. The van der Waals surface area contributed by atoms with Gasteiger partial charge in [0.25, 0.3) is 0 Å². The molecule has 0 aromatic heterocycles. The number of hydrogen-bond acceptors (Lipinski definition) is 2. The molecule has 0 bridgehead atoms. The number of aliphatic hydroxyl groups excluding tert-OH is 1. The smallest absolute Gasteiger partial charge is 0.123 e. The second-order valence-corrected chi connectivity index (χ2v) is 4.24. The van der Waals surface area contributed by atoms with Crippen molar-refractivity contribution in [2.24, 2.45) is 5.41 Å². The molecule has 0 aliphatic carbocycles. The highest BCUT2D eigenvalue weighted by Gasteiger charge is 2.30. The van der Waals surface area contributed by atoms with E-state index < -0.39 is 17.3 Å². The lowest BCUT2D eigenvalue weighted by atomic mass is 9.83. The van der Waals surface area contributed by atoms with Crippen LogP contribution in [0, 0.1) is 29.5 Å². The molecule has 0 saturated heterocycles. The summed E-state index contributed by atoms with van der Waals surface area (Å²) in [6.07, 6.45) is -0.974. The summed E-state index contributed by atoms with van der Waals surface area (Å²) in [6.45, 7) is 5.04. The van der Waals surface area contributed by atoms with Crippen LogP contribution in [0.3, 0.4) is 0 Å². The molecule has 15 heavy (non-hydrogen) atoms. The summed E-state index contributed by atoms with van der Waals surface area (Å²) in [7, 11) is 0. The van der Waals surface area contributed by atoms with Crippen LogP contribution >= 0.6 is 0 Å². The van der Waals surface area contributed by atoms with Gasteiger partial charge >= 0.3 is 0 Å². The Hall–Kier alpha value is -1.40. The molecule has 1 aromatic rings. The molecule has 0 spiro atoms. The standard InChI is InChI=1S/C12H14FNO/c1-8-4-5-9(13)6-10(8)11(15)12(2,3)7-14/h4-6,11,15H,1-3H3. The zero-order chi connectivity index (χ0) is 11.6. The number of aryl methyl sites for hydroxylation is 1. The maximum atomic E-state index is 13.0. The van der Waals surface area contributed by atoms with Crippen LogP contribution in [-0.4, -0.2) is 5.11 Å². The fourth-order valence-electron chi connectivity index (χ4n) is 1.36. The molecule has 0 radical (unpaired) electrons. The Morgan fingerprint density at radius 1 is 1.47 bits per heavy atom. The molecule has 0 heterocycles. The number of nitriles is 1. The SMILES string of the molecule is Cc1ccc(F)cc1C(O)C(C)(C)C#N. The Morgan fingerprint density at radius 2 is 2.07 bits per heavy atom. The van der Waals surface area contributed by atoms with E-state index in [1.165, 1.54) is 12.1 Å². The van der Waals surface area contributed by atoms with Gasteiger partial charge in [-0.25, -0.2) is 4.39 Å². The first-order chi connectivity index (χ1) is 6.88. The quantitative estimate of drug-likeness (QED) is 0.810. The van der Waals surface area contributed by atoms with Crippen molar-refractivity contribution in [3.05, 3.63) is 35.1 Å². The van der Waals surface area contributed by atoms with Gasteiger partial charge in [-0.1, -0.05) is 6.07 Å². The third kappa shape index (κ3) is 2.34. The van der Waals surface area contributed by atoms with Crippen molar-refractivity contribution in [1.29, 1.82) is 5.26 Å². The number of hydrogen-bond donors (Lipinski definition) is 1. The second kappa shape index (κ2) is 4.00. The highest BCUT2D eigenvalue weighted by Crippen LogP contribution is 2.34. The zero-order valence-corrected chi connectivity index (χ0v) is 9.08. The summed E-state index contributed by atoms with van der Waals surface area (Å²) < 4.78 is 13.0. The van der Waals surface area contributed by atoms with Gasteiger partial charge in [0.1, 0.15) is 5.82 Å². The van der Waals surface area contributed by atoms with E-state index in [-0.39, 0.29) is 0 Å². The molecular weight excluding hydrogens is 193 g/mol. The van der Waals surface area contributed by atoms with E-state index >= 15 is 0 Å². The fraction of sp³-hybridized carbons (Fsp3) is 0.417. The minimum absolute atomic E-state index is 0.400. The predicted molar refractivity (Wildman–Crippen MR) is 55.5 cm³/mol. The first-order valence-corrected chi connectivity index (χ1v) is 4.74. The van der Waals surface area contributed by atoms with Gasteiger partial charge < -0.3 is 5.11 Å². The first-order valence-electron chi connectivity index (χ1n) is 4.74. The summed E-state index contributed by atoms with van der Waals surface area (Å²) in [5.41, 5.74) is 0.340. The molecule has 0 aliphatic heterocycles. The molecule has 3 heteroatoms. The van der Waals surface area contributed by atoms with Gasteiger partial charge in [0.2, 0.25) is 0 Å². The van der Waals surface area contributed by atoms with Crippen LogP contribution in [0.15, 0.2) is 18.2 Å². The summed E-state index contributed by atoms with van der Waals surface area (Å²) in [6, 6.07) is 6.23. The van der Waals surface area contributed by atoms with Crippen molar-refractivity contribution in [2.45, 2.75) is 26.9 Å². The highest BCUT2D eigenvalue weighted by atomic mass is 19.1. The van der Waals surface area contributed by atoms with Gasteiger partial charge in [-0.05, 0) is 44.0 Å². The van der Waals surface area contributed by atoms with Crippen LogP contribution in [-0.2, 0) is 0 Å². The van der Waals surface area contributed by atoms with Gasteiger partial charge in [0.05, 0.1) is 17.6 Å². The van der Waals surface area contributed by atoms with Crippen molar-refractivity contribution in [2.75, 3.05) is 0 Å². The van der Waals surface area contributed by atoms with Crippen molar-refractivity contribution in [3.63, 3.8) is 0 Å². The van der Waals surface area contributed by atoms with E-state index in [0.29, 0.717) is 5.56 Å². The van der Waals surface area contributed by atoms with Crippen molar-refractivity contribution in [3.8, 4) is 6.07 Å². The molecular formula is C12H14FNO. The highest BCUT2D eigenvalue weighted by molar-refractivity contribution is 5.30. The molecule has 1 unspecified atom stereocenters. The molecule has 2 nitrogen and oxygen atoms in total. The van der Waals surface area contributed by atoms with Crippen LogP contribution < -0.4 is 0 Å². The van der Waals surface area contributed by atoms with E-state index in [1.807, 2.05) is 6.07 Å². The third-order valence-corrected chi connectivity index (χ3v) is 2.51. The Kier molecular flexibility index (Phi) is 3.11. The molecule has 1 aromatic carbocycles. The topological polar surface area (TPSA) is 44.0 Å². The van der Waals surface area contributed by atoms with Gasteiger partial charge in [-0.3, -0.25) is 0 Å². The third-order valence-electron chi connectivity index (χ3n) is 2.51. The molecule has 0 saturated carbocycles. The minimum Gasteiger partial charge on any atom is -0.387 e. The Bertz CT molecular complexity index is 407. The van der Waals surface area contributed by atoms with Gasteiger partial charge in [0.15, 0.2) is 0 Å². The molecule has 1 atom stereocenters. The minimum atomic E-state index is -0.974. The fourth-order valence-corrected chi connectivity index (χ4v) is 1.36. The van der Waals surface area contributed by atoms with Crippen LogP contribution in [0.25, 0.3) is 0 Å². The van der Waals surface area contributed by atoms with E-state index in [4.69, 9.17) is 5.26 Å². The molecule has 0 amide bonds. The van der Waals surface area contributed by atoms with Crippen LogP contribution in [0.2, 0.25) is 0 Å². The maximum Gasteiger partial charge on any atom is 0.123 e. The monoisotopic (exact) mass is 207 g/mol. The van der Waals surface area contributed by atoms with E-state index in [0.717, 1.165) is 5.56 Å². The lowest BCUT2D eigenvalue weighted by molar-refractivity contribution is 0.0859. The number of benzene rings is 1.